The Bertz CT molecular complexity index is 1030. The Balaban J connectivity index is 1.05. The second-order valence-corrected chi connectivity index (χ2v) is 9.20. The zero-order valence-corrected chi connectivity index (χ0v) is 18.5. The lowest BCUT2D eigenvalue weighted by Crippen LogP contribution is -2.46. The van der Waals surface area contributed by atoms with Gasteiger partial charge in [0.05, 0.1) is 17.2 Å². The minimum atomic E-state index is -0.496. The van der Waals surface area contributed by atoms with E-state index < -0.39 is 6.10 Å². The lowest BCUT2D eigenvalue weighted by atomic mass is 10.0. The molecule has 2 aliphatic rings. The van der Waals surface area contributed by atoms with Gasteiger partial charge in [-0.1, -0.05) is 11.3 Å². The van der Waals surface area contributed by atoms with E-state index in [1.807, 2.05) is 41.3 Å². The summed E-state index contributed by atoms with van der Waals surface area (Å²) in [5, 5.41) is 10.3. The molecule has 0 bridgehead atoms. The molecule has 2 aromatic heterocycles. The number of carbonyl (C=O) groups is 1. The molecule has 2 saturated heterocycles. The number of β-amino-alcohol motifs (C(OH)–C–C–N with tert-alkyl or cyclic N) is 1. The van der Waals surface area contributed by atoms with Crippen LogP contribution in [0.3, 0.4) is 0 Å². The number of hydrogen-bond acceptors (Lipinski definition) is 8. The highest BCUT2D eigenvalue weighted by atomic mass is 32.1. The molecule has 4 heterocycles. The van der Waals surface area contributed by atoms with Crippen molar-refractivity contribution in [1.29, 1.82) is 0 Å². The van der Waals surface area contributed by atoms with Crippen LogP contribution in [0.25, 0.3) is 10.3 Å². The Morgan fingerprint density at radius 1 is 1.12 bits per heavy atom. The predicted octanol–water partition coefficient (Wildman–Crippen LogP) is 2.92. The first-order valence-corrected chi connectivity index (χ1v) is 11.8. The summed E-state index contributed by atoms with van der Waals surface area (Å²) < 4.78 is 12.7. The van der Waals surface area contributed by atoms with Gasteiger partial charge in [0.2, 0.25) is 5.91 Å². The molecule has 0 spiro atoms. The van der Waals surface area contributed by atoms with Gasteiger partial charge in [-0.3, -0.25) is 9.69 Å². The number of aromatic nitrogens is 2. The number of pyridine rings is 1. The van der Waals surface area contributed by atoms with E-state index in [1.165, 1.54) is 11.3 Å². The molecule has 1 amide bonds. The van der Waals surface area contributed by atoms with Crippen molar-refractivity contribution in [3.05, 3.63) is 42.6 Å². The molecule has 1 atom stereocenters. The summed E-state index contributed by atoms with van der Waals surface area (Å²) in [7, 11) is 0. The summed E-state index contributed by atoms with van der Waals surface area (Å²) in [6.45, 7) is 3.83. The molecule has 3 aromatic rings. The van der Waals surface area contributed by atoms with Crippen LogP contribution in [0.2, 0.25) is 0 Å². The smallest absolute Gasteiger partial charge is 0.281 e. The van der Waals surface area contributed by atoms with Crippen LogP contribution in [0, 0.1) is 0 Å². The number of amides is 1. The van der Waals surface area contributed by atoms with Gasteiger partial charge in [-0.25, -0.2) is 4.98 Å². The van der Waals surface area contributed by atoms with Gasteiger partial charge >= 0.3 is 0 Å². The van der Waals surface area contributed by atoms with Crippen molar-refractivity contribution >= 4 is 27.6 Å². The van der Waals surface area contributed by atoms with Crippen molar-refractivity contribution in [2.24, 2.45) is 0 Å². The number of nitrogens with zero attached hydrogens (tertiary/aromatic N) is 4. The van der Waals surface area contributed by atoms with Crippen LogP contribution in [-0.4, -0.2) is 75.7 Å². The average Bonchev–Trinajstić information content (AvgIpc) is 3.37. The van der Waals surface area contributed by atoms with Crippen molar-refractivity contribution in [2.75, 3.05) is 32.8 Å². The van der Waals surface area contributed by atoms with Crippen LogP contribution in [0.1, 0.15) is 19.3 Å². The number of piperidine rings is 1. The minimum Gasteiger partial charge on any atom is -0.492 e. The van der Waals surface area contributed by atoms with Gasteiger partial charge in [-0.2, -0.15) is 4.98 Å². The topological polar surface area (TPSA) is 88.0 Å². The molecule has 0 saturated carbocycles. The largest absolute Gasteiger partial charge is 0.492 e. The van der Waals surface area contributed by atoms with E-state index in [2.05, 4.69) is 14.9 Å². The summed E-state index contributed by atoms with van der Waals surface area (Å²) in [5.74, 6) is 1.60. The zero-order chi connectivity index (χ0) is 21.9. The number of thiazole rings is 1. The summed E-state index contributed by atoms with van der Waals surface area (Å²) in [5.41, 5.74) is 0.695. The Labute approximate surface area is 190 Å². The highest BCUT2D eigenvalue weighted by Crippen LogP contribution is 2.31. The molecule has 32 heavy (non-hydrogen) atoms. The number of fused-ring (bicyclic) bond motifs is 1. The van der Waals surface area contributed by atoms with E-state index in [4.69, 9.17) is 9.47 Å². The van der Waals surface area contributed by atoms with Crippen molar-refractivity contribution in [1.82, 2.24) is 19.8 Å². The van der Waals surface area contributed by atoms with Gasteiger partial charge in [0.25, 0.3) is 5.19 Å². The zero-order valence-electron chi connectivity index (χ0n) is 17.7. The third kappa shape index (κ3) is 4.85. The predicted molar refractivity (Wildman–Crippen MR) is 121 cm³/mol. The molecule has 2 fully saturated rings. The number of likely N-dealkylation sites (tertiary alicyclic amines) is 2. The average molecular weight is 455 g/mol. The molecule has 0 aliphatic carbocycles. The van der Waals surface area contributed by atoms with E-state index in [1.54, 1.807) is 6.20 Å². The first kappa shape index (κ1) is 21.1. The molecule has 2 aliphatic heterocycles. The first-order valence-electron chi connectivity index (χ1n) is 11.0. The third-order valence-corrected chi connectivity index (χ3v) is 6.87. The maximum Gasteiger partial charge on any atom is 0.281 e. The maximum absolute atomic E-state index is 12.0. The summed E-state index contributed by atoms with van der Waals surface area (Å²) in [4.78, 5) is 24.8. The summed E-state index contributed by atoms with van der Waals surface area (Å²) in [6.07, 6.45) is 3.40. The monoisotopic (exact) mass is 454 g/mol. The lowest BCUT2D eigenvalue weighted by Gasteiger charge is -2.36. The van der Waals surface area contributed by atoms with Gasteiger partial charge in [-0.15, -0.1) is 0 Å². The minimum absolute atomic E-state index is 0.0894. The van der Waals surface area contributed by atoms with E-state index in [-0.39, 0.29) is 18.4 Å². The fraction of sp³-hybridized carbons (Fsp3) is 0.435. The quantitative estimate of drug-likeness (QED) is 0.587. The molecule has 8 nitrogen and oxygen atoms in total. The maximum atomic E-state index is 12.0. The summed E-state index contributed by atoms with van der Waals surface area (Å²) >= 11 is 1.47. The Kier molecular flexibility index (Phi) is 6.20. The molecular formula is C23H26N4O4S. The third-order valence-electron chi connectivity index (χ3n) is 5.99. The molecular weight excluding hydrogens is 428 g/mol. The Morgan fingerprint density at radius 2 is 1.91 bits per heavy atom. The molecule has 1 N–H and O–H groups in total. The van der Waals surface area contributed by atoms with Gasteiger partial charge < -0.3 is 19.5 Å². The number of rotatable bonds is 7. The van der Waals surface area contributed by atoms with E-state index >= 15 is 0 Å². The highest BCUT2D eigenvalue weighted by molar-refractivity contribution is 7.20. The standard InChI is InChI=1S/C23H26N4O4S/c28-17-14-21(29)27(15-17)16-7-10-26(11-8-16)12-13-30-18-3-5-19(6-4-18)31-23-25-22-20(32-23)2-1-9-24-22/h1-6,9,16-17,28H,7-8,10-15H2/t17-/m1/s1. The van der Waals surface area contributed by atoms with Crippen LogP contribution in [0.5, 0.6) is 16.7 Å². The molecule has 9 heteroatoms. The molecule has 0 radical (unpaired) electrons. The van der Waals surface area contributed by atoms with Crippen molar-refractivity contribution in [2.45, 2.75) is 31.4 Å². The number of ether oxygens (including phenoxy) is 2. The second kappa shape index (κ2) is 9.40. The van der Waals surface area contributed by atoms with Crippen LogP contribution >= 0.6 is 11.3 Å². The normalized spacial score (nSPS) is 20.2. The van der Waals surface area contributed by atoms with Gasteiger partial charge in [0.1, 0.15) is 18.1 Å². The number of carbonyl (C=O) groups excluding carboxylic acids is 1. The molecule has 168 valence electrons. The number of aliphatic hydroxyl groups is 1. The summed E-state index contributed by atoms with van der Waals surface area (Å²) in [6, 6.07) is 11.7. The Hall–Kier alpha value is -2.75. The molecule has 0 unspecified atom stereocenters. The van der Waals surface area contributed by atoms with Gasteiger partial charge in [0.15, 0.2) is 5.65 Å². The van der Waals surface area contributed by atoms with E-state index in [9.17, 15) is 9.90 Å². The van der Waals surface area contributed by atoms with Crippen molar-refractivity contribution in [3.63, 3.8) is 0 Å². The van der Waals surface area contributed by atoms with Crippen molar-refractivity contribution < 1.29 is 19.4 Å². The first-order chi connectivity index (χ1) is 15.6. The van der Waals surface area contributed by atoms with Crippen molar-refractivity contribution in [3.8, 4) is 16.7 Å². The second-order valence-electron chi connectivity index (χ2n) is 8.20. The van der Waals surface area contributed by atoms with Crippen LogP contribution in [-0.2, 0) is 4.79 Å². The van der Waals surface area contributed by atoms with Crippen LogP contribution in [0.15, 0.2) is 42.6 Å². The highest BCUT2D eigenvalue weighted by Gasteiger charge is 2.34. The molecule has 1 aromatic carbocycles. The van der Waals surface area contributed by atoms with E-state index in [0.29, 0.717) is 29.7 Å². The lowest BCUT2D eigenvalue weighted by molar-refractivity contribution is -0.130. The fourth-order valence-corrected chi connectivity index (χ4v) is 5.10. The number of hydrogen-bond donors (Lipinski definition) is 1. The molecule has 5 rings (SSSR count). The number of benzene rings is 1. The van der Waals surface area contributed by atoms with Gasteiger partial charge in [-0.05, 0) is 49.2 Å². The van der Waals surface area contributed by atoms with Gasteiger partial charge in [0, 0.05) is 38.4 Å². The fourth-order valence-electron chi connectivity index (χ4n) is 4.31. The number of aliphatic hydroxyl groups excluding tert-OH is 1. The van der Waals surface area contributed by atoms with E-state index in [0.717, 1.165) is 42.9 Å². The Morgan fingerprint density at radius 3 is 2.62 bits per heavy atom. The van der Waals surface area contributed by atoms with Crippen LogP contribution < -0.4 is 9.47 Å². The SMILES string of the molecule is O=C1C[C@@H](O)CN1C1CCN(CCOc2ccc(Oc3nc4ncccc4s3)cc2)CC1. The van der Waals surface area contributed by atoms with Crippen LogP contribution in [0.4, 0.5) is 0 Å².